The summed E-state index contributed by atoms with van der Waals surface area (Å²) < 4.78 is 12.9. The molecule has 1 amide bonds. The molecule has 142 valence electrons. The molecule has 7 heteroatoms. The lowest BCUT2D eigenvalue weighted by Crippen LogP contribution is -2.28. The van der Waals surface area contributed by atoms with Gasteiger partial charge in [-0.3, -0.25) is 9.48 Å². The third kappa shape index (κ3) is 4.36. The maximum Gasteiger partial charge on any atom is 0.276 e. The Labute approximate surface area is 158 Å². The van der Waals surface area contributed by atoms with Crippen LogP contribution in [0.3, 0.4) is 0 Å². The van der Waals surface area contributed by atoms with Gasteiger partial charge in [-0.15, -0.1) is 0 Å². The second-order valence-corrected chi connectivity index (χ2v) is 6.49. The van der Waals surface area contributed by atoms with E-state index in [-0.39, 0.29) is 18.2 Å². The van der Waals surface area contributed by atoms with Gasteiger partial charge in [-0.1, -0.05) is 22.9 Å². The number of benzene rings is 1. The Morgan fingerprint density at radius 2 is 1.96 bits per heavy atom. The molecular formula is C20H24N4O3. The number of carbonyl (C=O) groups excluding carboxylic acids is 1. The minimum absolute atomic E-state index is 0.220. The van der Waals surface area contributed by atoms with E-state index in [1.54, 1.807) is 18.9 Å². The molecule has 0 saturated carbocycles. The smallest absolute Gasteiger partial charge is 0.276 e. The van der Waals surface area contributed by atoms with Crippen LogP contribution in [0.25, 0.3) is 0 Å². The Bertz CT molecular complexity index is 912. The van der Waals surface area contributed by atoms with Gasteiger partial charge >= 0.3 is 0 Å². The third-order valence-electron chi connectivity index (χ3n) is 4.36. The summed E-state index contributed by atoms with van der Waals surface area (Å²) >= 11 is 0. The summed E-state index contributed by atoms with van der Waals surface area (Å²) in [6, 6.07) is 9.66. The van der Waals surface area contributed by atoms with Crippen LogP contribution in [0.15, 0.2) is 41.1 Å². The number of ether oxygens (including phenoxy) is 1. The van der Waals surface area contributed by atoms with Crippen molar-refractivity contribution in [2.24, 2.45) is 0 Å². The molecule has 0 bridgehead atoms. The number of amides is 1. The average Bonchev–Trinajstić information content (AvgIpc) is 3.27. The van der Waals surface area contributed by atoms with Crippen LogP contribution in [0.1, 0.15) is 40.0 Å². The zero-order valence-corrected chi connectivity index (χ0v) is 16.1. The van der Waals surface area contributed by atoms with E-state index in [2.05, 4.69) is 10.3 Å². The van der Waals surface area contributed by atoms with Gasteiger partial charge in [0.2, 0.25) is 0 Å². The Hall–Kier alpha value is -3.09. The number of hydrogen-bond acceptors (Lipinski definition) is 5. The topological polar surface area (TPSA) is 73.4 Å². The minimum atomic E-state index is -0.222. The van der Waals surface area contributed by atoms with Gasteiger partial charge in [-0.05, 0) is 39.0 Å². The van der Waals surface area contributed by atoms with Crippen LogP contribution in [0.5, 0.6) is 5.75 Å². The van der Waals surface area contributed by atoms with Crippen molar-refractivity contribution >= 4 is 5.91 Å². The number of rotatable bonds is 7. The van der Waals surface area contributed by atoms with E-state index in [9.17, 15) is 4.79 Å². The van der Waals surface area contributed by atoms with Crippen molar-refractivity contribution in [1.82, 2.24) is 19.8 Å². The number of nitrogens with zero attached hydrogens (tertiary/aromatic N) is 4. The molecule has 0 N–H and O–H groups in total. The average molecular weight is 368 g/mol. The fraction of sp³-hybridized carbons (Fsp3) is 0.350. The van der Waals surface area contributed by atoms with Crippen LogP contribution in [0.2, 0.25) is 0 Å². The van der Waals surface area contributed by atoms with Crippen LogP contribution >= 0.6 is 0 Å². The lowest BCUT2D eigenvalue weighted by atomic mass is 10.2. The fourth-order valence-corrected chi connectivity index (χ4v) is 2.68. The highest BCUT2D eigenvalue weighted by Gasteiger charge is 2.23. The Balaban J connectivity index is 1.70. The van der Waals surface area contributed by atoms with Crippen LogP contribution < -0.4 is 4.74 Å². The molecule has 0 unspecified atom stereocenters. The van der Waals surface area contributed by atoms with Crippen molar-refractivity contribution in [1.29, 1.82) is 0 Å². The van der Waals surface area contributed by atoms with Crippen molar-refractivity contribution < 1.29 is 14.1 Å². The zero-order chi connectivity index (χ0) is 19.4. The summed E-state index contributed by atoms with van der Waals surface area (Å²) in [5, 5.41) is 8.36. The van der Waals surface area contributed by atoms with E-state index in [0.717, 1.165) is 23.6 Å². The number of aromatic nitrogens is 3. The molecule has 3 rings (SSSR count). The summed E-state index contributed by atoms with van der Waals surface area (Å²) in [6.07, 6.45) is 1.90. The molecule has 0 atom stereocenters. The molecule has 0 spiro atoms. The molecule has 7 nitrogen and oxygen atoms in total. The lowest BCUT2D eigenvalue weighted by molar-refractivity contribution is 0.0770. The number of carbonyl (C=O) groups is 1. The molecular weight excluding hydrogens is 344 g/mol. The van der Waals surface area contributed by atoms with Gasteiger partial charge < -0.3 is 14.2 Å². The van der Waals surface area contributed by atoms with Crippen LogP contribution in [-0.2, 0) is 19.7 Å². The quantitative estimate of drug-likeness (QED) is 0.639. The van der Waals surface area contributed by atoms with Gasteiger partial charge in [0, 0.05) is 19.8 Å². The number of hydrogen-bond donors (Lipinski definition) is 0. The van der Waals surface area contributed by atoms with E-state index in [1.165, 1.54) is 0 Å². The fourth-order valence-electron chi connectivity index (χ4n) is 2.68. The van der Waals surface area contributed by atoms with Crippen LogP contribution in [0, 0.1) is 13.8 Å². The predicted octanol–water partition coefficient (Wildman–Crippen LogP) is 3.36. The largest absolute Gasteiger partial charge is 0.489 e. The monoisotopic (exact) mass is 368 g/mol. The molecule has 0 aliphatic carbocycles. The molecule has 0 aliphatic heterocycles. The molecule has 0 saturated heterocycles. The van der Waals surface area contributed by atoms with Crippen LogP contribution in [-0.4, -0.2) is 32.8 Å². The second kappa shape index (κ2) is 8.07. The molecule has 27 heavy (non-hydrogen) atoms. The zero-order valence-electron chi connectivity index (χ0n) is 16.1. The first kappa shape index (κ1) is 18.7. The SMILES string of the molecule is CCn1ccc(CN(C)C(=O)c2noc(C)c2COc2ccc(C)cc2)n1. The Kier molecular flexibility index (Phi) is 5.59. The van der Waals surface area contributed by atoms with Gasteiger partial charge in [0.05, 0.1) is 17.8 Å². The van der Waals surface area contributed by atoms with Gasteiger partial charge in [-0.25, -0.2) is 0 Å². The maximum absolute atomic E-state index is 12.8. The summed E-state index contributed by atoms with van der Waals surface area (Å²) in [6.45, 7) is 7.23. The van der Waals surface area contributed by atoms with E-state index in [0.29, 0.717) is 17.9 Å². The maximum atomic E-state index is 12.8. The number of aryl methyl sites for hydroxylation is 3. The van der Waals surface area contributed by atoms with E-state index in [1.807, 2.05) is 55.1 Å². The minimum Gasteiger partial charge on any atom is -0.489 e. The summed E-state index contributed by atoms with van der Waals surface area (Å²) in [5.74, 6) is 1.09. The van der Waals surface area contributed by atoms with Crippen molar-refractivity contribution in [2.75, 3.05) is 7.05 Å². The first-order valence-corrected chi connectivity index (χ1v) is 8.90. The summed E-state index contributed by atoms with van der Waals surface area (Å²) in [5.41, 5.74) is 2.92. The molecule has 1 aromatic carbocycles. The van der Waals surface area contributed by atoms with E-state index in [4.69, 9.17) is 9.26 Å². The Morgan fingerprint density at radius 3 is 2.63 bits per heavy atom. The van der Waals surface area contributed by atoms with E-state index >= 15 is 0 Å². The predicted molar refractivity (Wildman–Crippen MR) is 100 cm³/mol. The highest BCUT2D eigenvalue weighted by atomic mass is 16.5. The summed E-state index contributed by atoms with van der Waals surface area (Å²) in [7, 11) is 1.72. The molecule has 3 aromatic rings. The van der Waals surface area contributed by atoms with Crippen molar-refractivity contribution in [2.45, 2.75) is 40.5 Å². The van der Waals surface area contributed by atoms with Gasteiger partial charge in [0.15, 0.2) is 5.69 Å². The second-order valence-electron chi connectivity index (χ2n) is 6.49. The molecule has 0 fully saturated rings. The van der Waals surface area contributed by atoms with Crippen molar-refractivity contribution in [3.63, 3.8) is 0 Å². The molecule has 0 radical (unpaired) electrons. The standard InChI is InChI=1S/C20H24N4O3/c1-5-24-11-10-16(21-24)12-23(4)20(25)19-18(15(3)27-22-19)13-26-17-8-6-14(2)7-9-17/h6-11H,5,12-13H2,1-4H3. The third-order valence-corrected chi connectivity index (χ3v) is 4.36. The van der Waals surface area contributed by atoms with Crippen molar-refractivity contribution in [3.05, 3.63) is 64.8 Å². The Morgan fingerprint density at radius 1 is 1.22 bits per heavy atom. The normalized spacial score (nSPS) is 10.8. The molecule has 2 aromatic heterocycles. The highest BCUT2D eigenvalue weighted by Crippen LogP contribution is 2.20. The van der Waals surface area contributed by atoms with Crippen molar-refractivity contribution in [3.8, 4) is 5.75 Å². The molecule has 0 aliphatic rings. The summed E-state index contributed by atoms with van der Waals surface area (Å²) in [4.78, 5) is 14.4. The van der Waals surface area contributed by atoms with Gasteiger partial charge in [0.1, 0.15) is 18.1 Å². The lowest BCUT2D eigenvalue weighted by Gasteiger charge is -2.15. The highest BCUT2D eigenvalue weighted by molar-refractivity contribution is 5.93. The van der Waals surface area contributed by atoms with E-state index < -0.39 is 0 Å². The van der Waals surface area contributed by atoms with Gasteiger partial charge in [0.25, 0.3) is 5.91 Å². The van der Waals surface area contributed by atoms with Crippen LogP contribution in [0.4, 0.5) is 0 Å². The van der Waals surface area contributed by atoms with Gasteiger partial charge in [-0.2, -0.15) is 5.10 Å². The molecule has 2 heterocycles. The first-order chi connectivity index (χ1) is 13.0. The first-order valence-electron chi connectivity index (χ1n) is 8.90.